The molecule has 0 atom stereocenters. The first-order chi connectivity index (χ1) is 12.2. The molecule has 1 saturated heterocycles. The van der Waals surface area contributed by atoms with Gasteiger partial charge in [-0.1, -0.05) is 25.5 Å². The molecular formula is C20H22N2O3. The van der Waals surface area contributed by atoms with Crippen LogP contribution in [0, 0.1) is 0 Å². The lowest BCUT2D eigenvalue weighted by atomic mass is 10.1. The van der Waals surface area contributed by atoms with Crippen LogP contribution in [-0.4, -0.2) is 25.2 Å². The van der Waals surface area contributed by atoms with E-state index in [0.29, 0.717) is 18.7 Å². The Morgan fingerprint density at radius 1 is 1.12 bits per heavy atom. The van der Waals surface area contributed by atoms with Crippen LogP contribution in [0.3, 0.4) is 0 Å². The van der Waals surface area contributed by atoms with E-state index in [-0.39, 0.29) is 12.0 Å². The molecule has 2 amide bonds. The molecule has 2 aromatic carbocycles. The van der Waals surface area contributed by atoms with Crippen molar-refractivity contribution in [1.82, 2.24) is 0 Å². The van der Waals surface area contributed by atoms with E-state index in [1.54, 1.807) is 29.2 Å². The normalized spacial score (nSPS) is 13.6. The van der Waals surface area contributed by atoms with Gasteiger partial charge >= 0.3 is 6.09 Å². The highest BCUT2D eigenvalue weighted by Crippen LogP contribution is 2.20. The van der Waals surface area contributed by atoms with E-state index in [1.165, 1.54) is 18.4 Å². The fourth-order valence-corrected chi connectivity index (χ4v) is 2.76. The largest absolute Gasteiger partial charge is 0.447 e. The number of nitrogens with zero attached hydrogens (tertiary/aromatic N) is 1. The Kier molecular flexibility index (Phi) is 5.33. The van der Waals surface area contributed by atoms with Gasteiger partial charge in [0.2, 0.25) is 0 Å². The van der Waals surface area contributed by atoms with Crippen LogP contribution < -0.4 is 10.2 Å². The van der Waals surface area contributed by atoms with Gasteiger partial charge in [0.05, 0.1) is 6.54 Å². The molecule has 1 fully saturated rings. The predicted molar refractivity (Wildman–Crippen MR) is 98.1 cm³/mol. The molecule has 0 unspecified atom stereocenters. The number of unbranched alkanes of at least 4 members (excludes halogenated alkanes) is 1. The molecule has 0 aromatic heterocycles. The maximum atomic E-state index is 12.4. The van der Waals surface area contributed by atoms with E-state index < -0.39 is 0 Å². The zero-order chi connectivity index (χ0) is 17.6. The fourth-order valence-electron chi connectivity index (χ4n) is 2.76. The Balaban J connectivity index is 1.62. The summed E-state index contributed by atoms with van der Waals surface area (Å²) in [5.74, 6) is -0.170. The summed E-state index contributed by atoms with van der Waals surface area (Å²) in [5, 5.41) is 2.90. The number of anilines is 2. The molecule has 1 heterocycles. The summed E-state index contributed by atoms with van der Waals surface area (Å²) >= 11 is 0. The lowest BCUT2D eigenvalue weighted by molar-refractivity contribution is 0.102. The van der Waals surface area contributed by atoms with Gasteiger partial charge in [-0.2, -0.15) is 0 Å². The van der Waals surface area contributed by atoms with E-state index in [1.807, 2.05) is 24.3 Å². The van der Waals surface area contributed by atoms with Crippen molar-refractivity contribution in [2.45, 2.75) is 26.2 Å². The van der Waals surface area contributed by atoms with Crippen molar-refractivity contribution in [3.8, 4) is 0 Å². The third kappa shape index (κ3) is 4.18. The predicted octanol–water partition coefficient (Wildman–Crippen LogP) is 4.24. The molecule has 130 valence electrons. The molecule has 0 spiro atoms. The van der Waals surface area contributed by atoms with Gasteiger partial charge in [-0.3, -0.25) is 9.69 Å². The van der Waals surface area contributed by atoms with E-state index in [9.17, 15) is 9.59 Å². The lowest BCUT2D eigenvalue weighted by Crippen LogP contribution is -2.23. The quantitative estimate of drug-likeness (QED) is 0.857. The zero-order valence-corrected chi connectivity index (χ0v) is 14.3. The number of carbonyl (C=O) groups is 2. The minimum Gasteiger partial charge on any atom is -0.447 e. The number of aryl methyl sites for hydroxylation is 1. The Morgan fingerprint density at radius 2 is 1.84 bits per heavy atom. The molecule has 1 aliphatic rings. The SMILES string of the molecule is CCCCc1ccc(NC(=O)c2ccc(N3CCOC3=O)cc2)cc1. The van der Waals surface area contributed by atoms with Gasteiger partial charge in [0, 0.05) is 16.9 Å². The van der Waals surface area contributed by atoms with Crippen molar-refractivity contribution in [2.75, 3.05) is 23.4 Å². The minimum atomic E-state index is -0.347. The second-order valence-corrected chi connectivity index (χ2v) is 6.07. The Bertz CT molecular complexity index is 739. The highest BCUT2D eigenvalue weighted by molar-refractivity contribution is 6.04. The standard InChI is InChI=1S/C20H22N2O3/c1-2-3-4-15-5-9-17(10-6-15)21-19(23)16-7-11-18(12-8-16)22-13-14-25-20(22)24/h5-12H,2-4,13-14H2,1H3,(H,21,23). The second kappa shape index (κ2) is 7.83. The number of ether oxygens (including phenoxy) is 1. The lowest BCUT2D eigenvalue weighted by Gasteiger charge is -2.13. The molecule has 2 aromatic rings. The molecule has 0 saturated carbocycles. The van der Waals surface area contributed by atoms with Gasteiger partial charge in [0.25, 0.3) is 5.91 Å². The average Bonchev–Trinajstić information content (AvgIpc) is 3.07. The maximum absolute atomic E-state index is 12.4. The monoisotopic (exact) mass is 338 g/mol. The first-order valence-corrected chi connectivity index (χ1v) is 8.62. The van der Waals surface area contributed by atoms with E-state index in [0.717, 1.165) is 17.8 Å². The van der Waals surface area contributed by atoms with Gasteiger partial charge in [-0.25, -0.2) is 4.79 Å². The first kappa shape index (κ1) is 17.0. The molecule has 5 heteroatoms. The fraction of sp³-hybridized carbons (Fsp3) is 0.300. The Labute approximate surface area is 147 Å². The van der Waals surface area contributed by atoms with Crippen LogP contribution in [0.4, 0.5) is 16.2 Å². The van der Waals surface area contributed by atoms with Crippen molar-refractivity contribution in [3.05, 3.63) is 59.7 Å². The number of nitrogens with one attached hydrogen (secondary N) is 1. The van der Waals surface area contributed by atoms with Crippen molar-refractivity contribution in [2.24, 2.45) is 0 Å². The Hall–Kier alpha value is -2.82. The highest BCUT2D eigenvalue weighted by Gasteiger charge is 2.23. The van der Waals surface area contributed by atoms with Gasteiger partial charge in [-0.15, -0.1) is 0 Å². The molecule has 0 bridgehead atoms. The number of cyclic esters (lactones) is 1. The first-order valence-electron chi connectivity index (χ1n) is 8.62. The van der Waals surface area contributed by atoms with Crippen LogP contribution in [0.1, 0.15) is 35.7 Å². The highest BCUT2D eigenvalue weighted by atomic mass is 16.6. The van der Waals surface area contributed by atoms with Crippen molar-refractivity contribution in [3.63, 3.8) is 0 Å². The third-order valence-electron chi connectivity index (χ3n) is 4.23. The van der Waals surface area contributed by atoms with Gasteiger partial charge in [0.1, 0.15) is 6.61 Å². The van der Waals surface area contributed by atoms with Crippen LogP contribution in [0.15, 0.2) is 48.5 Å². The van der Waals surface area contributed by atoms with Gasteiger partial charge < -0.3 is 10.1 Å². The van der Waals surface area contributed by atoms with Crippen molar-refractivity contribution in [1.29, 1.82) is 0 Å². The van der Waals surface area contributed by atoms with Crippen LogP contribution in [0.2, 0.25) is 0 Å². The molecule has 3 rings (SSSR count). The summed E-state index contributed by atoms with van der Waals surface area (Å²) in [6.45, 7) is 3.11. The number of amides is 2. The summed E-state index contributed by atoms with van der Waals surface area (Å²) in [4.78, 5) is 25.5. The molecule has 1 aliphatic heterocycles. The summed E-state index contributed by atoms with van der Waals surface area (Å²) in [7, 11) is 0. The molecule has 0 radical (unpaired) electrons. The van der Waals surface area contributed by atoms with Crippen LogP contribution in [0.5, 0.6) is 0 Å². The summed E-state index contributed by atoms with van der Waals surface area (Å²) < 4.78 is 4.92. The van der Waals surface area contributed by atoms with Crippen LogP contribution in [-0.2, 0) is 11.2 Å². The molecular weight excluding hydrogens is 316 g/mol. The zero-order valence-electron chi connectivity index (χ0n) is 14.3. The number of hydrogen-bond donors (Lipinski definition) is 1. The third-order valence-corrected chi connectivity index (χ3v) is 4.23. The average molecular weight is 338 g/mol. The molecule has 0 aliphatic carbocycles. The van der Waals surface area contributed by atoms with Crippen LogP contribution >= 0.6 is 0 Å². The summed E-state index contributed by atoms with van der Waals surface area (Å²) in [6, 6.07) is 14.9. The number of rotatable bonds is 6. The van der Waals surface area contributed by atoms with Gasteiger partial charge in [-0.05, 0) is 54.8 Å². The maximum Gasteiger partial charge on any atom is 0.414 e. The van der Waals surface area contributed by atoms with Crippen molar-refractivity contribution >= 4 is 23.4 Å². The number of carbonyl (C=O) groups excluding carboxylic acids is 2. The van der Waals surface area contributed by atoms with E-state index in [2.05, 4.69) is 12.2 Å². The van der Waals surface area contributed by atoms with E-state index in [4.69, 9.17) is 4.74 Å². The topological polar surface area (TPSA) is 58.6 Å². The number of benzene rings is 2. The van der Waals surface area contributed by atoms with Crippen LogP contribution in [0.25, 0.3) is 0 Å². The van der Waals surface area contributed by atoms with Crippen molar-refractivity contribution < 1.29 is 14.3 Å². The summed E-state index contributed by atoms with van der Waals surface area (Å²) in [5.41, 5.74) is 3.34. The molecule has 25 heavy (non-hydrogen) atoms. The Morgan fingerprint density at radius 3 is 2.44 bits per heavy atom. The second-order valence-electron chi connectivity index (χ2n) is 6.07. The minimum absolute atomic E-state index is 0.170. The van der Waals surface area contributed by atoms with Gasteiger partial charge in [0.15, 0.2) is 0 Å². The van der Waals surface area contributed by atoms with E-state index >= 15 is 0 Å². The molecule has 1 N–H and O–H groups in total. The molecule has 5 nitrogen and oxygen atoms in total. The smallest absolute Gasteiger partial charge is 0.414 e. The number of hydrogen-bond acceptors (Lipinski definition) is 3. The summed E-state index contributed by atoms with van der Waals surface area (Å²) in [6.07, 6.45) is 3.05.